The summed E-state index contributed by atoms with van der Waals surface area (Å²) in [5, 5.41) is 40.2. The maximum atomic E-state index is 12.8. The van der Waals surface area contributed by atoms with Gasteiger partial charge in [-0.1, -0.05) is 183 Å². The number of aliphatic hydroxyl groups excluding tert-OH is 4. The van der Waals surface area contributed by atoms with E-state index in [1.54, 1.807) is 0 Å². The molecule has 2 unspecified atom stereocenters. The van der Waals surface area contributed by atoms with Crippen molar-refractivity contribution in [2.45, 2.75) is 243 Å². The van der Waals surface area contributed by atoms with E-state index in [0.29, 0.717) is 12.8 Å². The first-order chi connectivity index (χ1) is 31.8. The van der Waals surface area contributed by atoms with Gasteiger partial charge in [-0.05, 0) is 83.5 Å². The Morgan fingerprint density at radius 2 is 0.923 bits per heavy atom. The molecular formula is C55H94O10. The average molecular weight is 915 g/mol. The largest absolute Gasteiger partial charge is 0.462 e. The van der Waals surface area contributed by atoms with Gasteiger partial charge in [0.05, 0.1) is 13.2 Å². The standard InChI is InChI=1S/C55H94O10/c1-3-5-7-9-11-13-15-17-19-21-22-23-24-25-26-28-30-32-34-36-38-40-42-44-51(58)64-48(47-63-55-54(61)53(60)52(59)49(45-56)65-55)46-62-50(57)43-41-39-37-35-33-31-29-27-20-18-16-14-12-10-8-6-4-2/h8,10,14,16,20,27-28,30-31,33,36,38,48-49,52-56,59-61H,3-7,9,11-13,15,17-19,21-26,29,32,34-35,37,39-47H2,1-2H3/b10-8+,16-14+,27-20+,30-28+,33-31+,38-36+/t48-,49-,52+,53?,54?,55-/m1/s1. The summed E-state index contributed by atoms with van der Waals surface area (Å²) >= 11 is 0. The van der Waals surface area contributed by atoms with E-state index in [1.165, 1.54) is 96.3 Å². The smallest absolute Gasteiger partial charge is 0.306 e. The van der Waals surface area contributed by atoms with Crippen LogP contribution < -0.4 is 0 Å². The lowest BCUT2D eigenvalue weighted by Gasteiger charge is -2.39. The molecule has 1 aliphatic heterocycles. The fourth-order valence-corrected chi connectivity index (χ4v) is 7.43. The van der Waals surface area contributed by atoms with Crippen LogP contribution in [0.5, 0.6) is 0 Å². The van der Waals surface area contributed by atoms with E-state index in [1.807, 2.05) is 0 Å². The number of carbonyl (C=O) groups is 2. The van der Waals surface area contributed by atoms with Gasteiger partial charge < -0.3 is 39.4 Å². The molecule has 0 aliphatic carbocycles. The van der Waals surface area contributed by atoms with Crippen molar-refractivity contribution < 1.29 is 49.0 Å². The molecule has 0 saturated carbocycles. The predicted octanol–water partition coefficient (Wildman–Crippen LogP) is 12.3. The number of carbonyl (C=O) groups excluding carboxylic acids is 2. The van der Waals surface area contributed by atoms with Crippen LogP contribution in [0.4, 0.5) is 0 Å². The van der Waals surface area contributed by atoms with Gasteiger partial charge in [-0.15, -0.1) is 0 Å². The molecule has 1 heterocycles. The summed E-state index contributed by atoms with van der Waals surface area (Å²) in [5.41, 5.74) is 0. The zero-order valence-electron chi connectivity index (χ0n) is 41.0. The number of allylic oxidation sites excluding steroid dienone is 12. The highest BCUT2D eigenvalue weighted by molar-refractivity contribution is 5.70. The van der Waals surface area contributed by atoms with Gasteiger partial charge in [-0.2, -0.15) is 0 Å². The van der Waals surface area contributed by atoms with E-state index in [9.17, 15) is 30.0 Å². The zero-order chi connectivity index (χ0) is 47.3. The molecule has 65 heavy (non-hydrogen) atoms. The summed E-state index contributed by atoms with van der Waals surface area (Å²) in [4.78, 5) is 25.4. The van der Waals surface area contributed by atoms with Crippen molar-refractivity contribution >= 4 is 11.9 Å². The molecule has 0 aromatic heterocycles. The van der Waals surface area contributed by atoms with Crippen molar-refractivity contribution in [3.63, 3.8) is 0 Å². The Morgan fingerprint density at radius 1 is 0.477 bits per heavy atom. The number of aliphatic hydroxyl groups is 4. The van der Waals surface area contributed by atoms with E-state index in [4.69, 9.17) is 18.9 Å². The SMILES string of the molecule is CCC/C=C/C/C=C/C/C=C/C/C=C/CCCCCC(=O)OC[C@H](CO[C@@H]1O[C@H](CO)[C@H](O)C(O)C1O)OC(=O)CCC/C=C/CC/C=C/CCCCCCCCCCCCCCCC. The van der Waals surface area contributed by atoms with Crippen molar-refractivity contribution in [2.75, 3.05) is 19.8 Å². The van der Waals surface area contributed by atoms with Crippen LogP contribution in [0.3, 0.4) is 0 Å². The maximum Gasteiger partial charge on any atom is 0.306 e. The second-order valence-electron chi connectivity index (χ2n) is 17.6. The summed E-state index contributed by atoms with van der Waals surface area (Å²) < 4.78 is 22.2. The quantitative estimate of drug-likeness (QED) is 0.0264. The van der Waals surface area contributed by atoms with Gasteiger partial charge in [0.1, 0.15) is 31.0 Å². The molecule has 1 fully saturated rings. The number of unbranched alkanes of at least 4 members (excludes halogenated alkanes) is 20. The van der Waals surface area contributed by atoms with Gasteiger partial charge in [-0.3, -0.25) is 9.59 Å². The molecule has 0 radical (unpaired) electrons. The topological polar surface area (TPSA) is 152 Å². The van der Waals surface area contributed by atoms with E-state index < -0.39 is 55.4 Å². The van der Waals surface area contributed by atoms with Crippen molar-refractivity contribution in [1.82, 2.24) is 0 Å². The highest BCUT2D eigenvalue weighted by Gasteiger charge is 2.44. The molecule has 0 aromatic rings. The second kappa shape index (κ2) is 44.9. The highest BCUT2D eigenvalue weighted by Crippen LogP contribution is 2.23. The number of rotatable bonds is 43. The van der Waals surface area contributed by atoms with Crippen LogP contribution >= 0.6 is 0 Å². The second-order valence-corrected chi connectivity index (χ2v) is 17.6. The molecule has 0 aromatic carbocycles. The monoisotopic (exact) mass is 915 g/mol. The minimum atomic E-state index is -1.61. The van der Waals surface area contributed by atoms with Crippen LogP contribution in [-0.4, -0.2) is 89.0 Å². The Hall–Kier alpha value is -2.86. The third-order valence-electron chi connectivity index (χ3n) is 11.5. The molecule has 1 saturated heterocycles. The molecule has 0 bridgehead atoms. The maximum absolute atomic E-state index is 12.8. The van der Waals surface area contributed by atoms with Gasteiger partial charge in [0.25, 0.3) is 0 Å². The first-order valence-electron chi connectivity index (χ1n) is 26.0. The van der Waals surface area contributed by atoms with Crippen molar-refractivity contribution in [3.05, 3.63) is 72.9 Å². The van der Waals surface area contributed by atoms with Crippen molar-refractivity contribution in [2.24, 2.45) is 0 Å². The predicted molar refractivity (Wildman–Crippen MR) is 265 cm³/mol. The number of esters is 2. The first kappa shape index (κ1) is 60.2. The number of hydrogen-bond acceptors (Lipinski definition) is 10. The summed E-state index contributed by atoms with van der Waals surface area (Å²) in [6, 6.07) is 0. The van der Waals surface area contributed by atoms with Crippen LogP contribution in [0.1, 0.15) is 206 Å². The van der Waals surface area contributed by atoms with Gasteiger partial charge in [-0.25, -0.2) is 0 Å². The fraction of sp³-hybridized carbons (Fsp3) is 0.745. The van der Waals surface area contributed by atoms with Crippen LogP contribution in [0.15, 0.2) is 72.9 Å². The van der Waals surface area contributed by atoms with E-state index in [2.05, 4.69) is 86.8 Å². The van der Waals surface area contributed by atoms with Crippen molar-refractivity contribution in [3.8, 4) is 0 Å². The Morgan fingerprint density at radius 3 is 1.46 bits per heavy atom. The Balaban J connectivity index is 2.31. The first-order valence-corrected chi connectivity index (χ1v) is 26.0. The Bertz CT molecular complexity index is 1290. The number of ether oxygens (including phenoxy) is 4. The minimum Gasteiger partial charge on any atom is -0.462 e. The molecule has 4 N–H and O–H groups in total. The molecular weight excluding hydrogens is 821 g/mol. The molecule has 0 spiro atoms. The molecule has 10 heteroatoms. The van der Waals surface area contributed by atoms with Gasteiger partial charge in [0.2, 0.25) is 0 Å². The third kappa shape index (κ3) is 35.9. The van der Waals surface area contributed by atoms with E-state index in [-0.39, 0.29) is 26.1 Å². The summed E-state index contributed by atoms with van der Waals surface area (Å²) in [7, 11) is 0. The molecule has 1 rings (SSSR count). The normalized spacial score (nSPS) is 19.9. The summed E-state index contributed by atoms with van der Waals surface area (Å²) in [6.45, 7) is 3.30. The highest BCUT2D eigenvalue weighted by atomic mass is 16.7. The fourth-order valence-electron chi connectivity index (χ4n) is 7.43. The minimum absolute atomic E-state index is 0.160. The molecule has 10 nitrogen and oxygen atoms in total. The Labute approximate surface area is 395 Å². The van der Waals surface area contributed by atoms with Crippen LogP contribution in [0.2, 0.25) is 0 Å². The molecule has 6 atom stereocenters. The molecule has 374 valence electrons. The summed E-state index contributed by atoms with van der Waals surface area (Å²) in [5.74, 6) is -0.894. The molecule has 0 amide bonds. The third-order valence-corrected chi connectivity index (χ3v) is 11.5. The lowest BCUT2D eigenvalue weighted by Crippen LogP contribution is -2.59. The van der Waals surface area contributed by atoms with Gasteiger partial charge >= 0.3 is 11.9 Å². The lowest BCUT2D eigenvalue weighted by molar-refractivity contribution is -0.305. The van der Waals surface area contributed by atoms with Crippen LogP contribution in [-0.2, 0) is 28.5 Å². The van der Waals surface area contributed by atoms with Crippen molar-refractivity contribution in [1.29, 1.82) is 0 Å². The molecule has 1 aliphatic rings. The average Bonchev–Trinajstić information content (AvgIpc) is 3.30. The Kier molecular flexibility index (Phi) is 41.6. The van der Waals surface area contributed by atoms with E-state index in [0.717, 1.165) is 70.6 Å². The zero-order valence-corrected chi connectivity index (χ0v) is 41.0. The lowest BCUT2D eigenvalue weighted by atomic mass is 9.99. The number of hydrogen-bond donors (Lipinski definition) is 4. The van der Waals surface area contributed by atoms with E-state index >= 15 is 0 Å². The van der Waals surface area contributed by atoms with Gasteiger partial charge in [0.15, 0.2) is 12.4 Å². The van der Waals surface area contributed by atoms with Crippen LogP contribution in [0, 0.1) is 0 Å². The summed E-state index contributed by atoms with van der Waals surface area (Å²) in [6.07, 6.45) is 50.7. The van der Waals surface area contributed by atoms with Gasteiger partial charge in [0, 0.05) is 12.8 Å². The van der Waals surface area contributed by atoms with Crippen LogP contribution in [0.25, 0.3) is 0 Å².